The lowest BCUT2D eigenvalue weighted by Gasteiger charge is -2.43. The number of nitrogens with one attached hydrogen (secondary N) is 1. The number of pyridine rings is 1. The molecule has 1 saturated carbocycles. The van der Waals surface area contributed by atoms with Gasteiger partial charge in [-0.2, -0.15) is 0 Å². The van der Waals surface area contributed by atoms with Crippen molar-refractivity contribution in [3.63, 3.8) is 0 Å². The van der Waals surface area contributed by atoms with Gasteiger partial charge in [0.1, 0.15) is 0 Å². The summed E-state index contributed by atoms with van der Waals surface area (Å²) in [6.07, 6.45) is 8.70. The first-order valence-corrected chi connectivity index (χ1v) is 6.64. The predicted molar refractivity (Wildman–Crippen MR) is 76.7 cm³/mol. The average Bonchev–Trinajstić information content (AvgIpc) is 2.37. The van der Waals surface area contributed by atoms with E-state index in [0.29, 0.717) is 5.54 Å². The van der Waals surface area contributed by atoms with E-state index >= 15 is 0 Å². The van der Waals surface area contributed by atoms with E-state index in [1.54, 1.807) is 6.20 Å². The van der Waals surface area contributed by atoms with E-state index in [-0.39, 0.29) is 0 Å². The maximum Gasteiger partial charge on any atom is 0.0441 e. The molecule has 2 aromatic rings. The number of hydrogen-bond acceptors (Lipinski definition) is 3. The molecule has 94 valence electrons. The maximum absolute atomic E-state index is 6.01. The average molecular weight is 241 g/mol. The van der Waals surface area contributed by atoms with Gasteiger partial charge in [-0.3, -0.25) is 4.98 Å². The first-order chi connectivity index (χ1) is 8.74. The van der Waals surface area contributed by atoms with Gasteiger partial charge in [0.2, 0.25) is 0 Å². The molecular formula is C15H19N3. The number of nitrogens with zero attached hydrogens (tertiary/aromatic N) is 1. The molecule has 1 aliphatic carbocycles. The highest BCUT2D eigenvalue weighted by molar-refractivity contribution is 6.00. The summed E-state index contributed by atoms with van der Waals surface area (Å²) < 4.78 is 0. The van der Waals surface area contributed by atoms with Crippen molar-refractivity contribution in [3.05, 3.63) is 30.6 Å². The van der Waals surface area contributed by atoms with E-state index in [0.717, 1.165) is 22.1 Å². The van der Waals surface area contributed by atoms with Crippen molar-refractivity contribution in [2.45, 2.75) is 38.1 Å². The molecule has 0 unspecified atom stereocenters. The summed E-state index contributed by atoms with van der Waals surface area (Å²) in [5.74, 6) is 0. The number of benzene rings is 1. The lowest BCUT2D eigenvalue weighted by Crippen LogP contribution is -2.44. The zero-order valence-corrected chi connectivity index (χ0v) is 10.7. The smallest absolute Gasteiger partial charge is 0.0441 e. The lowest BCUT2D eigenvalue weighted by molar-refractivity contribution is 0.270. The first kappa shape index (κ1) is 11.3. The fourth-order valence-corrected chi connectivity index (χ4v) is 2.78. The summed E-state index contributed by atoms with van der Waals surface area (Å²) in [5, 5.41) is 5.92. The third-order valence-electron chi connectivity index (χ3n) is 4.24. The third kappa shape index (κ3) is 1.70. The molecule has 1 aromatic carbocycles. The van der Waals surface area contributed by atoms with Crippen LogP contribution in [0.3, 0.4) is 0 Å². The minimum Gasteiger partial charge on any atom is -0.398 e. The fourth-order valence-electron chi connectivity index (χ4n) is 2.78. The van der Waals surface area contributed by atoms with Crippen molar-refractivity contribution in [2.75, 3.05) is 11.1 Å². The Kier molecular flexibility index (Phi) is 2.62. The highest BCUT2D eigenvalue weighted by Gasteiger charge is 2.35. The number of aromatic nitrogens is 1. The largest absolute Gasteiger partial charge is 0.398 e. The molecule has 1 fully saturated rings. The molecule has 3 N–H and O–H groups in total. The zero-order valence-electron chi connectivity index (χ0n) is 10.7. The third-order valence-corrected chi connectivity index (χ3v) is 4.24. The van der Waals surface area contributed by atoms with Gasteiger partial charge in [-0.25, -0.2) is 0 Å². The van der Waals surface area contributed by atoms with Crippen LogP contribution in [0.5, 0.6) is 0 Å². The van der Waals surface area contributed by atoms with Gasteiger partial charge in [0, 0.05) is 40.1 Å². The monoisotopic (exact) mass is 241 g/mol. The second kappa shape index (κ2) is 4.16. The van der Waals surface area contributed by atoms with Crippen LogP contribution in [-0.4, -0.2) is 10.5 Å². The van der Waals surface area contributed by atoms with Crippen molar-refractivity contribution >= 4 is 22.1 Å². The Bertz CT molecular complexity index is 567. The molecule has 0 bridgehead atoms. The van der Waals surface area contributed by atoms with Gasteiger partial charge in [-0.05, 0) is 43.9 Å². The van der Waals surface area contributed by atoms with Crippen LogP contribution in [-0.2, 0) is 0 Å². The van der Waals surface area contributed by atoms with Gasteiger partial charge in [-0.1, -0.05) is 6.92 Å². The maximum atomic E-state index is 6.01. The van der Waals surface area contributed by atoms with E-state index in [1.165, 1.54) is 25.7 Å². The summed E-state index contributed by atoms with van der Waals surface area (Å²) in [7, 11) is 0. The molecule has 0 radical (unpaired) electrons. The number of rotatable bonds is 3. The van der Waals surface area contributed by atoms with Crippen LogP contribution in [0.4, 0.5) is 11.4 Å². The Hall–Kier alpha value is -1.77. The molecule has 18 heavy (non-hydrogen) atoms. The Morgan fingerprint density at radius 2 is 2.11 bits per heavy atom. The summed E-state index contributed by atoms with van der Waals surface area (Å²) in [4.78, 5) is 4.22. The van der Waals surface area contributed by atoms with Crippen LogP contribution in [0.1, 0.15) is 32.6 Å². The van der Waals surface area contributed by atoms with Crippen molar-refractivity contribution < 1.29 is 0 Å². The van der Waals surface area contributed by atoms with Crippen molar-refractivity contribution in [2.24, 2.45) is 0 Å². The van der Waals surface area contributed by atoms with Crippen LogP contribution in [0.2, 0.25) is 0 Å². The molecule has 1 aliphatic rings. The first-order valence-electron chi connectivity index (χ1n) is 6.64. The van der Waals surface area contributed by atoms with Crippen LogP contribution in [0.15, 0.2) is 30.6 Å². The van der Waals surface area contributed by atoms with Gasteiger partial charge in [0.05, 0.1) is 0 Å². The van der Waals surface area contributed by atoms with Gasteiger partial charge in [-0.15, -0.1) is 0 Å². The van der Waals surface area contributed by atoms with E-state index in [1.807, 2.05) is 18.3 Å². The van der Waals surface area contributed by atoms with E-state index in [4.69, 9.17) is 5.73 Å². The zero-order chi connectivity index (χ0) is 12.6. The molecule has 3 heteroatoms. The van der Waals surface area contributed by atoms with Gasteiger partial charge < -0.3 is 11.1 Å². The summed E-state index contributed by atoms with van der Waals surface area (Å²) in [6.45, 7) is 2.25. The van der Waals surface area contributed by atoms with Gasteiger partial charge in [0.25, 0.3) is 0 Å². The van der Waals surface area contributed by atoms with Crippen LogP contribution < -0.4 is 11.1 Å². The normalized spacial score (nSPS) is 17.4. The minimum absolute atomic E-state index is 0.291. The Morgan fingerprint density at radius 1 is 1.28 bits per heavy atom. The SMILES string of the molecule is CCC1(Nc2ccc(N)c3ccncc23)CCC1. The summed E-state index contributed by atoms with van der Waals surface area (Å²) in [5.41, 5.74) is 8.28. The second-order valence-corrected chi connectivity index (χ2v) is 5.24. The molecule has 1 heterocycles. The van der Waals surface area contributed by atoms with Crippen LogP contribution in [0, 0.1) is 0 Å². The summed E-state index contributed by atoms with van der Waals surface area (Å²) in [6, 6.07) is 6.04. The molecule has 0 spiro atoms. The van der Waals surface area contributed by atoms with Gasteiger partial charge >= 0.3 is 0 Å². The quantitative estimate of drug-likeness (QED) is 0.808. The standard InChI is InChI=1S/C15H19N3/c1-2-15(7-3-8-15)18-14-5-4-13(16)11-6-9-17-10-12(11)14/h4-6,9-10,18H,2-3,7-8,16H2,1H3. The van der Waals surface area contributed by atoms with E-state index < -0.39 is 0 Å². The number of fused-ring (bicyclic) bond motifs is 1. The molecule has 0 atom stereocenters. The number of hydrogen-bond donors (Lipinski definition) is 2. The van der Waals surface area contributed by atoms with Crippen LogP contribution >= 0.6 is 0 Å². The Labute approximate surface area is 107 Å². The van der Waals surface area contributed by atoms with Gasteiger partial charge in [0.15, 0.2) is 0 Å². The fraction of sp³-hybridized carbons (Fsp3) is 0.400. The number of anilines is 2. The van der Waals surface area contributed by atoms with Crippen molar-refractivity contribution in [3.8, 4) is 0 Å². The highest BCUT2D eigenvalue weighted by Crippen LogP contribution is 2.40. The predicted octanol–water partition coefficient (Wildman–Crippen LogP) is 3.56. The molecule has 0 saturated heterocycles. The molecule has 0 amide bonds. The molecule has 3 rings (SSSR count). The van der Waals surface area contributed by atoms with Crippen molar-refractivity contribution in [1.29, 1.82) is 0 Å². The van der Waals surface area contributed by atoms with Crippen LogP contribution in [0.25, 0.3) is 10.8 Å². The van der Waals surface area contributed by atoms with Crippen molar-refractivity contribution in [1.82, 2.24) is 4.98 Å². The second-order valence-electron chi connectivity index (χ2n) is 5.24. The molecular weight excluding hydrogens is 222 g/mol. The summed E-state index contributed by atoms with van der Waals surface area (Å²) >= 11 is 0. The Balaban J connectivity index is 2.04. The van der Waals surface area contributed by atoms with E-state index in [9.17, 15) is 0 Å². The van der Waals surface area contributed by atoms with E-state index in [2.05, 4.69) is 23.3 Å². The minimum atomic E-state index is 0.291. The lowest BCUT2D eigenvalue weighted by atomic mass is 9.74. The molecule has 3 nitrogen and oxygen atoms in total. The highest BCUT2D eigenvalue weighted by atomic mass is 15.0. The molecule has 0 aliphatic heterocycles. The Morgan fingerprint density at radius 3 is 2.78 bits per heavy atom. The topological polar surface area (TPSA) is 50.9 Å². The number of nitrogens with two attached hydrogens (primary N) is 1. The number of nitrogen functional groups attached to an aromatic ring is 1. The molecule has 1 aromatic heterocycles.